The zero-order valence-corrected chi connectivity index (χ0v) is 7.58. The fourth-order valence-corrected chi connectivity index (χ4v) is 1.29. The summed E-state index contributed by atoms with van der Waals surface area (Å²) in [7, 11) is 0. The molecule has 0 fully saturated rings. The van der Waals surface area contributed by atoms with Crippen LogP contribution in [0.2, 0.25) is 0 Å². The predicted molar refractivity (Wildman–Crippen MR) is 48.4 cm³/mol. The molecule has 0 radical (unpaired) electrons. The molecule has 2 N–H and O–H groups in total. The van der Waals surface area contributed by atoms with Crippen LogP contribution in [-0.4, -0.2) is 16.2 Å². The minimum absolute atomic E-state index is 0.0301. The lowest BCUT2D eigenvalue weighted by Crippen LogP contribution is -2.04. The number of aliphatic hydroxyl groups excluding tert-OH is 1. The first-order valence-electron chi connectivity index (χ1n) is 4.22. The van der Waals surface area contributed by atoms with E-state index in [1.165, 1.54) is 18.6 Å². The van der Waals surface area contributed by atoms with E-state index in [4.69, 9.17) is 13.9 Å². The van der Waals surface area contributed by atoms with Crippen LogP contribution < -0.4 is 0 Å². The minimum Gasteiger partial charge on any atom is -0.478 e. The van der Waals surface area contributed by atoms with Gasteiger partial charge >= 0.3 is 5.97 Å². The summed E-state index contributed by atoms with van der Waals surface area (Å²) in [6.07, 6.45) is 1.41. The van der Waals surface area contributed by atoms with Gasteiger partial charge in [0, 0.05) is 0 Å². The summed E-state index contributed by atoms with van der Waals surface area (Å²) in [5.74, 6) is -0.936. The third kappa shape index (κ3) is 1.64. The van der Waals surface area contributed by atoms with Crippen molar-refractivity contribution < 1.29 is 23.8 Å². The second-order valence-electron chi connectivity index (χ2n) is 2.92. The topological polar surface area (TPSA) is 83.8 Å². The zero-order valence-electron chi connectivity index (χ0n) is 7.58. The molecule has 0 aliphatic carbocycles. The molecular formula is C10H8O5. The normalized spacial score (nSPS) is 12.6. The smallest absolute Gasteiger partial charge is 0.339 e. The molecule has 5 nitrogen and oxygen atoms in total. The highest BCUT2D eigenvalue weighted by Gasteiger charge is 2.23. The first-order chi connectivity index (χ1) is 7.20. The van der Waals surface area contributed by atoms with Gasteiger partial charge in [0.15, 0.2) is 11.9 Å². The molecule has 5 heteroatoms. The number of carbonyl (C=O) groups is 1. The Balaban J connectivity index is 2.37. The van der Waals surface area contributed by atoms with Crippen molar-refractivity contribution in [3.63, 3.8) is 0 Å². The van der Waals surface area contributed by atoms with Gasteiger partial charge in [0.05, 0.1) is 12.5 Å². The van der Waals surface area contributed by atoms with Gasteiger partial charge in [-0.05, 0) is 18.2 Å². The number of carboxylic acid groups (broad SMARTS) is 1. The number of rotatable bonds is 3. The molecule has 0 aromatic carbocycles. The number of hydrogen-bond acceptors (Lipinski definition) is 4. The largest absolute Gasteiger partial charge is 0.478 e. The van der Waals surface area contributed by atoms with E-state index in [1.807, 2.05) is 0 Å². The maximum atomic E-state index is 10.8. The molecule has 1 atom stereocenters. The van der Waals surface area contributed by atoms with Gasteiger partial charge in [-0.15, -0.1) is 0 Å². The molecule has 2 heterocycles. The highest BCUT2D eigenvalue weighted by molar-refractivity contribution is 5.88. The third-order valence-corrected chi connectivity index (χ3v) is 1.99. The van der Waals surface area contributed by atoms with Crippen molar-refractivity contribution in [1.29, 1.82) is 0 Å². The van der Waals surface area contributed by atoms with E-state index in [2.05, 4.69) is 0 Å². The second kappa shape index (κ2) is 3.62. The van der Waals surface area contributed by atoms with Gasteiger partial charge < -0.3 is 19.0 Å². The predicted octanol–water partition coefficient (Wildman–Crippen LogP) is 1.65. The summed E-state index contributed by atoms with van der Waals surface area (Å²) < 4.78 is 9.87. The molecule has 0 spiro atoms. The molecule has 2 aromatic rings. The summed E-state index contributed by atoms with van der Waals surface area (Å²) in [4.78, 5) is 10.8. The van der Waals surface area contributed by atoms with Gasteiger partial charge in [-0.2, -0.15) is 0 Å². The number of furan rings is 2. The monoisotopic (exact) mass is 208 g/mol. The summed E-state index contributed by atoms with van der Waals surface area (Å²) in [6.45, 7) is 0. The van der Waals surface area contributed by atoms with Gasteiger partial charge in [-0.1, -0.05) is 0 Å². The molecule has 2 aromatic heterocycles. The Kier molecular flexibility index (Phi) is 2.31. The van der Waals surface area contributed by atoms with Gasteiger partial charge in [0.2, 0.25) is 0 Å². The molecule has 15 heavy (non-hydrogen) atoms. The van der Waals surface area contributed by atoms with Crippen LogP contribution in [-0.2, 0) is 0 Å². The quantitative estimate of drug-likeness (QED) is 0.801. The maximum absolute atomic E-state index is 10.8. The average molecular weight is 208 g/mol. The van der Waals surface area contributed by atoms with E-state index in [0.717, 1.165) is 0 Å². The maximum Gasteiger partial charge on any atom is 0.339 e. The highest BCUT2D eigenvalue weighted by Crippen LogP contribution is 2.26. The Morgan fingerprint density at radius 2 is 2.07 bits per heavy atom. The first kappa shape index (κ1) is 9.54. The Bertz CT molecular complexity index is 454. The van der Waals surface area contributed by atoms with Crippen molar-refractivity contribution in [1.82, 2.24) is 0 Å². The second-order valence-corrected chi connectivity index (χ2v) is 2.92. The molecule has 0 saturated carbocycles. The van der Waals surface area contributed by atoms with E-state index in [1.54, 1.807) is 12.1 Å². The fraction of sp³-hybridized carbons (Fsp3) is 0.100. The van der Waals surface area contributed by atoms with E-state index in [9.17, 15) is 9.90 Å². The lowest BCUT2D eigenvalue weighted by atomic mass is 10.1. The van der Waals surface area contributed by atoms with Crippen molar-refractivity contribution in [2.24, 2.45) is 0 Å². The standard InChI is InChI=1S/C10H8O5/c11-8(7-2-1-4-14-7)9-6(10(12)13)3-5-15-9/h1-5,8,11H,(H,12,13). The van der Waals surface area contributed by atoms with Gasteiger partial charge in [-0.3, -0.25) is 0 Å². The number of hydrogen-bond donors (Lipinski definition) is 2. The van der Waals surface area contributed by atoms with Crippen LogP contribution in [0.15, 0.2) is 39.6 Å². The van der Waals surface area contributed by atoms with Crippen molar-refractivity contribution in [3.8, 4) is 0 Å². The molecule has 2 rings (SSSR count). The lowest BCUT2D eigenvalue weighted by molar-refractivity contribution is 0.0685. The molecule has 1 unspecified atom stereocenters. The van der Waals surface area contributed by atoms with Gasteiger partial charge in [0.25, 0.3) is 0 Å². The zero-order chi connectivity index (χ0) is 10.8. The summed E-state index contributed by atoms with van der Waals surface area (Å²) in [6, 6.07) is 4.42. The third-order valence-electron chi connectivity index (χ3n) is 1.99. The van der Waals surface area contributed by atoms with Crippen molar-refractivity contribution in [2.45, 2.75) is 6.10 Å². The van der Waals surface area contributed by atoms with E-state index < -0.39 is 12.1 Å². The van der Waals surface area contributed by atoms with Gasteiger partial charge in [-0.25, -0.2) is 4.79 Å². The number of aliphatic hydroxyl groups is 1. The molecule has 0 saturated heterocycles. The Labute approximate surface area is 84.6 Å². The van der Waals surface area contributed by atoms with Crippen molar-refractivity contribution >= 4 is 5.97 Å². The van der Waals surface area contributed by atoms with Crippen LogP contribution in [0.25, 0.3) is 0 Å². The molecule has 0 bridgehead atoms. The Morgan fingerprint density at radius 3 is 2.67 bits per heavy atom. The molecule has 0 aliphatic rings. The summed E-state index contributed by atoms with van der Waals surface area (Å²) in [5, 5.41) is 18.5. The molecule has 0 amide bonds. The number of carboxylic acids is 1. The van der Waals surface area contributed by atoms with E-state index in [0.29, 0.717) is 0 Å². The van der Waals surface area contributed by atoms with Crippen LogP contribution in [0.1, 0.15) is 28.0 Å². The van der Waals surface area contributed by atoms with Crippen molar-refractivity contribution in [2.75, 3.05) is 0 Å². The van der Waals surface area contributed by atoms with E-state index >= 15 is 0 Å². The summed E-state index contributed by atoms with van der Waals surface area (Å²) >= 11 is 0. The lowest BCUT2D eigenvalue weighted by Gasteiger charge is -2.04. The molecule has 0 aliphatic heterocycles. The minimum atomic E-state index is -1.19. The van der Waals surface area contributed by atoms with Gasteiger partial charge in [0.1, 0.15) is 11.3 Å². The number of aromatic carboxylic acids is 1. The molecule has 78 valence electrons. The Hall–Kier alpha value is -2.01. The molecular weight excluding hydrogens is 200 g/mol. The van der Waals surface area contributed by atoms with Crippen LogP contribution >= 0.6 is 0 Å². The summed E-state index contributed by atoms with van der Waals surface area (Å²) in [5.41, 5.74) is -0.0705. The first-order valence-corrected chi connectivity index (χ1v) is 4.22. The Morgan fingerprint density at radius 1 is 1.27 bits per heavy atom. The highest BCUT2D eigenvalue weighted by atomic mass is 16.4. The van der Waals surface area contributed by atoms with Crippen LogP contribution in [0.5, 0.6) is 0 Å². The average Bonchev–Trinajstić information content (AvgIpc) is 2.88. The van der Waals surface area contributed by atoms with Crippen molar-refractivity contribution in [3.05, 3.63) is 47.8 Å². The van der Waals surface area contributed by atoms with E-state index in [-0.39, 0.29) is 17.1 Å². The fourth-order valence-electron chi connectivity index (χ4n) is 1.29. The SMILES string of the molecule is O=C(O)c1ccoc1C(O)c1ccco1. The van der Waals surface area contributed by atoms with Crippen LogP contribution in [0, 0.1) is 0 Å². The van der Waals surface area contributed by atoms with Crippen LogP contribution in [0.3, 0.4) is 0 Å². The van der Waals surface area contributed by atoms with Crippen LogP contribution in [0.4, 0.5) is 0 Å².